The van der Waals surface area contributed by atoms with Crippen LogP contribution in [-0.2, 0) is 17.8 Å². The molecule has 2 aliphatic heterocycles. The highest BCUT2D eigenvalue weighted by atomic mass is 16.5. The van der Waals surface area contributed by atoms with Crippen LogP contribution in [0.25, 0.3) is 0 Å². The van der Waals surface area contributed by atoms with E-state index in [-0.39, 0.29) is 17.9 Å². The minimum absolute atomic E-state index is 0.0262. The van der Waals surface area contributed by atoms with Gasteiger partial charge in [0.15, 0.2) is 0 Å². The number of likely N-dealkylation sites (tertiary alicyclic amines) is 1. The second-order valence-corrected chi connectivity index (χ2v) is 6.88. The molecule has 2 aromatic rings. The standard InChI is InChI=1S/C21H22N2O3/c24-20-9-4-10-23(20)14-15-5-3-7-17(11-15)21(25)22-13-18-12-16-6-1-2-8-19(16)26-18/h1-3,5-8,11,18H,4,9-10,12-14H2,(H,22,25). The zero-order valence-corrected chi connectivity index (χ0v) is 14.6. The lowest BCUT2D eigenvalue weighted by Crippen LogP contribution is -2.34. The summed E-state index contributed by atoms with van der Waals surface area (Å²) in [7, 11) is 0. The molecule has 0 bridgehead atoms. The van der Waals surface area contributed by atoms with E-state index in [1.807, 2.05) is 41.3 Å². The van der Waals surface area contributed by atoms with Crippen LogP contribution in [0.1, 0.15) is 34.3 Å². The van der Waals surface area contributed by atoms with Gasteiger partial charge >= 0.3 is 0 Å². The second kappa shape index (κ2) is 7.20. The Balaban J connectivity index is 1.34. The fourth-order valence-corrected chi connectivity index (χ4v) is 3.58. The van der Waals surface area contributed by atoms with Crippen molar-refractivity contribution >= 4 is 11.8 Å². The summed E-state index contributed by atoms with van der Waals surface area (Å²) in [5.41, 5.74) is 2.78. The number of carbonyl (C=O) groups excluding carboxylic acids is 2. The van der Waals surface area contributed by atoms with Crippen molar-refractivity contribution in [2.75, 3.05) is 13.1 Å². The van der Waals surface area contributed by atoms with Gasteiger partial charge in [-0.15, -0.1) is 0 Å². The van der Waals surface area contributed by atoms with Crippen LogP contribution in [0.4, 0.5) is 0 Å². The van der Waals surface area contributed by atoms with Gasteiger partial charge in [0.05, 0.1) is 6.54 Å². The van der Waals surface area contributed by atoms with Crippen LogP contribution < -0.4 is 10.1 Å². The predicted octanol–water partition coefficient (Wildman–Crippen LogP) is 2.54. The van der Waals surface area contributed by atoms with E-state index < -0.39 is 0 Å². The SMILES string of the molecule is O=C(NCC1Cc2ccccc2O1)c1cccc(CN2CCCC2=O)c1. The molecule has 4 rings (SSSR count). The van der Waals surface area contributed by atoms with E-state index in [0.717, 1.165) is 30.7 Å². The van der Waals surface area contributed by atoms with E-state index in [9.17, 15) is 9.59 Å². The normalized spacial score (nSPS) is 18.5. The van der Waals surface area contributed by atoms with Crippen LogP contribution in [0.15, 0.2) is 48.5 Å². The predicted molar refractivity (Wildman–Crippen MR) is 98.0 cm³/mol. The molecule has 2 aromatic carbocycles. The van der Waals surface area contributed by atoms with Gasteiger partial charge in [-0.25, -0.2) is 0 Å². The minimum Gasteiger partial charge on any atom is -0.488 e. The third-order valence-electron chi connectivity index (χ3n) is 4.94. The fraction of sp³-hybridized carbons (Fsp3) is 0.333. The lowest BCUT2D eigenvalue weighted by Gasteiger charge is -2.16. The third kappa shape index (κ3) is 3.57. The van der Waals surface area contributed by atoms with E-state index in [1.54, 1.807) is 6.07 Å². The first-order valence-corrected chi connectivity index (χ1v) is 9.08. The lowest BCUT2D eigenvalue weighted by molar-refractivity contribution is -0.128. The smallest absolute Gasteiger partial charge is 0.251 e. The van der Waals surface area contributed by atoms with Crippen LogP contribution >= 0.6 is 0 Å². The highest BCUT2D eigenvalue weighted by molar-refractivity contribution is 5.94. The van der Waals surface area contributed by atoms with Crippen molar-refractivity contribution in [2.24, 2.45) is 0 Å². The Hall–Kier alpha value is -2.82. The van der Waals surface area contributed by atoms with Gasteiger partial charge in [-0.1, -0.05) is 30.3 Å². The number of fused-ring (bicyclic) bond motifs is 1. The fourth-order valence-electron chi connectivity index (χ4n) is 3.58. The van der Waals surface area contributed by atoms with Gasteiger partial charge in [-0.2, -0.15) is 0 Å². The van der Waals surface area contributed by atoms with Gasteiger partial charge in [0.2, 0.25) is 5.91 Å². The van der Waals surface area contributed by atoms with Gasteiger partial charge in [0.25, 0.3) is 5.91 Å². The molecule has 1 atom stereocenters. The highest BCUT2D eigenvalue weighted by Gasteiger charge is 2.23. The molecular weight excluding hydrogens is 328 g/mol. The van der Waals surface area contributed by atoms with Crippen molar-refractivity contribution in [1.29, 1.82) is 0 Å². The molecule has 0 spiro atoms. The summed E-state index contributed by atoms with van der Waals surface area (Å²) in [5.74, 6) is 0.987. The van der Waals surface area contributed by atoms with Crippen LogP contribution in [0.3, 0.4) is 0 Å². The van der Waals surface area contributed by atoms with Gasteiger partial charge in [-0.05, 0) is 35.7 Å². The van der Waals surface area contributed by atoms with Gasteiger partial charge in [0.1, 0.15) is 11.9 Å². The maximum absolute atomic E-state index is 12.5. The van der Waals surface area contributed by atoms with Crippen molar-refractivity contribution < 1.29 is 14.3 Å². The number of nitrogens with zero attached hydrogens (tertiary/aromatic N) is 1. The summed E-state index contributed by atoms with van der Waals surface area (Å²) < 4.78 is 5.86. The molecule has 1 fully saturated rings. The van der Waals surface area contributed by atoms with Crippen LogP contribution in [0, 0.1) is 0 Å². The van der Waals surface area contributed by atoms with Crippen LogP contribution in [-0.4, -0.2) is 35.9 Å². The minimum atomic E-state index is -0.112. The summed E-state index contributed by atoms with van der Waals surface area (Å²) in [5, 5.41) is 2.96. The molecule has 0 saturated carbocycles. The summed E-state index contributed by atoms with van der Waals surface area (Å²) >= 11 is 0. The molecule has 0 radical (unpaired) electrons. The molecule has 2 heterocycles. The van der Waals surface area contributed by atoms with Gasteiger partial charge < -0.3 is 15.0 Å². The number of amides is 2. The molecular formula is C21H22N2O3. The summed E-state index contributed by atoms with van der Waals surface area (Å²) in [6.45, 7) is 1.85. The molecule has 134 valence electrons. The molecule has 2 amide bonds. The maximum Gasteiger partial charge on any atom is 0.251 e. The summed E-state index contributed by atoms with van der Waals surface area (Å²) in [6, 6.07) is 15.5. The van der Waals surface area contributed by atoms with Gasteiger partial charge in [0, 0.05) is 31.5 Å². The van der Waals surface area contributed by atoms with E-state index in [1.165, 1.54) is 5.56 Å². The Kier molecular flexibility index (Phi) is 4.61. The highest BCUT2D eigenvalue weighted by Crippen LogP contribution is 2.27. The van der Waals surface area contributed by atoms with E-state index >= 15 is 0 Å². The molecule has 0 aliphatic carbocycles. The summed E-state index contributed by atoms with van der Waals surface area (Å²) in [6.07, 6.45) is 2.34. The zero-order valence-electron chi connectivity index (χ0n) is 14.6. The third-order valence-corrected chi connectivity index (χ3v) is 4.94. The molecule has 1 saturated heterocycles. The molecule has 2 aliphatic rings. The average Bonchev–Trinajstić information content (AvgIpc) is 3.26. The van der Waals surface area contributed by atoms with Crippen molar-refractivity contribution in [3.63, 3.8) is 0 Å². The first-order valence-electron chi connectivity index (χ1n) is 9.08. The summed E-state index contributed by atoms with van der Waals surface area (Å²) in [4.78, 5) is 26.1. The lowest BCUT2D eigenvalue weighted by atomic mass is 10.1. The van der Waals surface area contributed by atoms with Crippen LogP contribution in [0.5, 0.6) is 5.75 Å². The average molecular weight is 350 g/mol. The van der Waals surface area contributed by atoms with Gasteiger partial charge in [-0.3, -0.25) is 9.59 Å². The molecule has 1 N–H and O–H groups in total. The van der Waals surface area contributed by atoms with Crippen LogP contribution in [0.2, 0.25) is 0 Å². The van der Waals surface area contributed by atoms with E-state index in [4.69, 9.17) is 4.74 Å². The largest absolute Gasteiger partial charge is 0.488 e. The molecule has 0 aromatic heterocycles. The number of ether oxygens (including phenoxy) is 1. The Morgan fingerprint density at radius 2 is 2.08 bits per heavy atom. The van der Waals surface area contributed by atoms with E-state index in [2.05, 4.69) is 11.4 Å². The monoisotopic (exact) mass is 350 g/mol. The second-order valence-electron chi connectivity index (χ2n) is 6.88. The molecule has 1 unspecified atom stereocenters. The van der Waals surface area contributed by atoms with Crippen molar-refractivity contribution in [3.05, 3.63) is 65.2 Å². The Labute approximate surface area is 153 Å². The number of hydrogen-bond acceptors (Lipinski definition) is 3. The Bertz CT molecular complexity index is 809. The molecule has 26 heavy (non-hydrogen) atoms. The number of hydrogen-bond donors (Lipinski definition) is 1. The molecule has 5 nitrogen and oxygen atoms in total. The number of para-hydroxylation sites is 1. The maximum atomic E-state index is 12.5. The number of carbonyl (C=O) groups is 2. The topological polar surface area (TPSA) is 58.6 Å². The van der Waals surface area contributed by atoms with E-state index in [0.29, 0.717) is 25.1 Å². The zero-order chi connectivity index (χ0) is 17.9. The number of rotatable bonds is 5. The number of benzene rings is 2. The van der Waals surface area contributed by atoms with Crippen molar-refractivity contribution in [2.45, 2.75) is 31.9 Å². The quantitative estimate of drug-likeness (QED) is 0.902. The van der Waals surface area contributed by atoms with Crippen molar-refractivity contribution in [3.8, 4) is 5.75 Å². The van der Waals surface area contributed by atoms with Crippen molar-refractivity contribution in [1.82, 2.24) is 10.2 Å². The first kappa shape index (κ1) is 16.6. The Morgan fingerprint density at radius 1 is 1.19 bits per heavy atom. The molecule has 5 heteroatoms. The Morgan fingerprint density at radius 3 is 2.88 bits per heavy atom. The number of nitrogens with one attached hydrogen (secondary N) is 1. The first-order chi connectivity index (χ1) is 12.7.